The van der Waals surface area contributed by atoms with Gasteiger partial charge in [0.05, 0.1) is 16.9 Å². The predicted molar refractivity (Wildman–Crippen MR) is 130 cm³/mol. The topological polar surface area (TPSA) is 130 Å². The number of halogens is 1. The van der Waals surface area contributed by atoms with Crippen molar-refractivity contribution in [3.05, 3.63) is 69.2 Å². The lowest BCUT2D eigenvalue weighted by Crippen LogP contribution is -2.52. The summed E-state index contributed by atoms with van der Waals surface area (Å²) in [7, 11) is -3.99. The SMILES string of the molecule is CC(C)NC(=O)[C@H](C)N(Cc1ccc(Cl)cc1)C(=O)CN(c1cccc([N+](=O)[O-])c1)S(C)(=O)=O. The first-order valence-electron chi connectivity index (χ1n) is 10.4. The molecule has 0 bridgehead atoms. The highest BCUT2D eigenvalue weighted by molar-refractivity contribution is 7.92. The van der Waals surface area contributed by atoms with E-state index in [4.69, 9.17) is 11.6 Å². The van der Waals surface area contributed by atoms with Gasteiger partial charge in [-0.3, -0.25) is 24.0 Å². The average Bonchev–Trinajstić information content (AvgIpc) is 2.75. The van der Waals surface area contributed by atoms with Gasteiger partial charge in [-0.1, -0.05) is 29.8 Å². The van der Waals surface area contributed by atoms with Crippen molar-refractivity contribution in [3.8, 4) is 0 Å². The normalized spacial score (nSPS) is 12.2. The van der Waals surface area contributed by atoms with Gasteiger partial charge in [0.2, 0.25) is 21.8 Å². The Labute approximate surface area is 203 Å². The maximum atomic E-state index is 13.4. The van der Waals surface area contributed by atoms with E-state index >= 15 is 0 Å². The molecule has 0 saturated heterocycles. The molecule has 2 aromatic rings. The summed E-state index contributed by atoms with van der Waals surface area (Å²) in [5.74, 6) is -1.06. The molecule has 0 radical (unpaired) electrons. The van der Waals surface area contributed by atoms with Gasteiger partial charge < -0.3 is 10.2 Å². The Bertz CT molecular complexity index is 1150. The molecule has 34 heavy (non-hydrogen) atoms. The largest absolute Gasteiger partial charge is 0.352 e. The summed E-state index contributed by atoms with van der Waals surface area (Å²) in [5.41, 5.74) is 0.334. The molecule has 0 aromatic heterocycles. The Morgan fingerprint density at radius 3 is 2.26 bits per heavy atom. The first-order chi connectivity index (χ1) is 15.8. The van der Waals surface area contributed by atoms with Crippen molar-refractivity contribution in [1.29, 1.82) is 0 Å². The average molecular weight is 511 g/mol. The summed E-state index contributed by atoms with van der Waals surface area (Å²) in [6.45, 7) is 4.49. The molecule has 2 rings (SSSR count). The van der Waals surface area contributed by atoms with Crippen molar-refractivity contribution in [2.24, 2.45) is 0 Å². The Balaban J connectivity index is 2.42. The lowest BCUT2D eigenvalue weighted by atomic mass is 10.1. The monoisotopic (exact) mass is 510 g/mol. The van der Waals surface area contributed by atoms with E-state index in [1.165, 1.54) is 23.1 Å². The maximum absolute atomic E-state index is 13.4. The molecule has 0 aliphatic heterocycles. The minimum Gasteiger partial charge on any atom is -0.352 e. The van der Waals surface area contributed by atoms with Crippen LogP contribution in [0.4, 0.5) is 11.4 Å². The molecule has 0 spiro atoms. The van der Waals surface area contributed by atoms with Crippen LogP contribution in [0, 0.1) is 10.1 Å². The number of sulfonamides is 1. The Morgan fingerprint density at radius 2 is 1.74 bits per heavy atom. The molecule has 184 valence electrons. The minimum atomic E-state index is -3.99. The van der Waals surface area contributed by atoms with Crippen LogP contribution < -0.4 is 9.62 Å². The van der Waals surface area contributed by atoms with Gasteiger partial charge in [-0.25, -0.2) is 8.42 Å². The van der Waals surface area contributed by atoms with Crippen LogP contribution in [-0.2, 0) is 26.2 Å². The summed E-state index contributed by atoms with van der Waals surface area (Å²) >= 11 is 5.94. The minimum absolute atomic E-state index is 0.0230. The van der Waals surface area contributed by atoms with E-state index in [0.717, 1.165) is 16.6 Å². The second kappa shape index (κ2) is 11.3. The second-order valence-corrected chi connectivity index (χ2v) is 10.4. The fraction of sp³-hybridized carbons (Fsp3) is 0.364. The maximum Gasteiger partial charge on any atom is 0.271 e. The number of non-ortho nitro benzene ring substituents is 1. The standard InChI is InChI=1S/C22H27ClN4O6S/c1-15(2)24-22(29)16(3)25(13-17-8-10-18(23)11-9-17)21(28)14-26(34(4,32)33)19-6-5-7-20(12-19)27(30)31/h5-12,15-16H,13-14H2,1-4H3,(H,24,29)/t16-/m0/s1. The first kappa shape index (κ1) is 27.1. The van der Waals surface area contributed by atoms with E-state index in [2.05, 4.69) is 5.32 Å². The van der Waals surface area contributed by atoms with Crippen LogP contribution in [0.25, 0.3) is 0 Å². The third-order valence-electron chi connectivity index (χ3n) is 4.87. The molecule has 0 fully saturated rings. The second-order valence-electron chi connectivity index (χ2n) is 8.03. The van der Waals surface area contributed by atoms with Crippen LogP contribution in [0.5, 0.6) is 0 Å². The number of nitro benzene ring substituents is 1. The van der Waals surface area contributed by atoms with Crippen LogP contribution >= 0.6 is 11.6 Å². The van der Waals surface area contributed by atoms with Gasteiger partial charge in [-0.2, -0.15) is 0 Å². The zero-order valence-electron chi connectivity index (χ0n) is 19.3. The highest BCUT2D eigenvalue weighted by Gasteiger charge is 2.30. The van der Waals surface area contributed by atoms with Crippen LogP contribution in [0.2, 0.25) is 5.02 Å². The number of nitrogens with one attached hydrogen (secondary N) is 1. The Kier molecular flexibility index (Phi) is 9.00. The van der Waals surface area contributed by atoms with Crippen LogP contribution in [0.3, 0.4) is 0 Å². The van der Waals surface area contributed by atoms with Gasteiger partial charge in [-0.05, 0) is 44.5 Å². The molecule has 10 nitrogen and oxygen atoms in total. The van der Waals surface area contributed by atoms with Gasteiger partial charge in [0.15, 0.2) is 0 Å². The van der Waals surface area contributed by atoms with Crippen molar-refractivity contribution in [1.82, 2.24) is 10.2 Å². The third-order valence-corrected chi connectivity index (χ3v) is 6.26. The summed E-state index contributed by atoms with van der Waals surface area (Å²) in [4.78, 5) is 37.8. The molecule has 0 aliphatic carbocycles. The van der Waals surface area contributed by atoms with Gasteiger partial charge in [0.1, 0.15) is 12.6 Å². The predicted octanol–water partition coefficient (Wildman–Crippen LogP) is 2.96. The molecule has 2 aromatic carbocycles. The van der Waals surface area contributed by atoms with Crippen LogP contribution in [0.1, 0.15) is 26.3 Å². The van der Waals surface area contributed by atoms with Gasteiger partial charge in [0, 0.05) is 29.7 Å². The number of benzene rings is 2. The fourth-order valence-corrected chi connectivity index (χ4v) is 4.12. The fourth-order valence-electron chi connectivity index (χ4n) is 3.15. The molecule has 1 atom stereocenters. The van der Waals surface area contributed by atoms with E-state index in [0.29, 0.717) is 10.6 Å². The smallest absolute Gasteiger partial charge is 0.271 e. The van der Waals surface area contributed by atoms with Gasteiger partial charge in [-0.15, -0.1) is 0 Å². The molecule has 0 aliphatic rings. The van der Waals surface area contributed by atoms with Crippen LogP contribution in [-0.4, -0.2) is 54.9 Å². The molecular formula is C22H27ClN4O6S. The molecule has 12 heteroatoms. The highest BCUT2D eigenvalue weighted by Crippen LogP contribution is 2.24. The van der Waals surface area contributed by atoms with Crippen molar-refractivity contribution in [3.63, 3.8) is 0 Å². The van der Waals surface area contributed by atoms with Crippen molar-refractivity contribution in [2.45, 2.75) is 39.4 Å². The van der Waals surface area contributed by atoms with E-state index < -0.39 is 39.3 Å². The number of carbonyl (C=O) groups is 2. The number of nitro groups is 1. The Hall–Kier alpha value is -3.18. The van der Waals surface area contributed by atoms with E-state index in [1.54, 1.807) is 45.0 Å². The number of hydrogen-bond acceptors (Lipinski definition) is 6. The number of amides is 2. The van der Waals surface area contributed by atoms with Crippen LogP contribution in [0.15, 0.2) is 48.5 Å². The third kappa shape index (κ3) is 7.42. The number of carbonyl (C=O) groups excluding carboxylic acids is 2. The molecule has 1 N–H and O–H groups in total. The van der Waals surface area contributed by atoms with Crippen molar-refractivity contribution in [2.75, 3.05) is 17.1 Å². The van der Waals surface area contributed by atoms with E-state index in [-0.39, 0.29) is 24.0 Å². The highest BCUT2D eigenvalue weighted by atomic mass is 35.5. The number of rotatable bonds is 10. The summed E-state index contributed by atoms with van der Waals surface area (Å²) in [6, 6.07) is 10.6. The van der Waals surface area contributed by atoms with Gasteiger partial charge >= 0.3 is 0 Å². The molecule has 0 heterocycles. The quantitative estimate of drug-likeness (QED) is 0.386. The molecule has 2 amide bonds. The number of anilines is 1. The zero-order chi connectivity index (χ0) is 25.6. The Morgan fingerprint density at radius 1 is 1.12 bits per heavy atom. The summed E-state index contributed by atoms with van der Waals surface area (Å²) in [6.07, 6.45) is 0.900. The molecule has 0 unspecified atom stereocenters. The number of nitrogens with zero attached hydrogens (tertiary/aromatic N) is 3. The first-order valence-corrected chi connectivity index (χ1v) is 12.6. The lowest BCUT2D eigenvalue weighted by Gasteiger charge is -2.31. The molecule has 0 saturated carbocycles. The number of hydrogen-bond donors (Lipinski definition) is 1. The van der Waals surface area contributed by atoms with E-state index in [9.17, 15) is 28.1 Å². The van der Waals surface area contributed by atoms with Crippen molar-refractivity contribution < 1.29 is 22.9 Å². The van der Waals surface area contributed by atoms with Crippen molar-refractivity contribution >= 4 is 44.8 Å². The summed E-state index contributed by atoms with van der Waals surface area (Å²) in [5, 5.41) is 14.4. The van der Waals surface area contributed by atoms with E-state index in [1.807, 2.05) is 0 Å². The lowest BCUT2D eigenvalue weighted by molar-refractivity contribution is -0.384. The van der Waals surface area contributed by atoms with Gasteiger partial charge in [0.25, 0.3) is 5.69 Å². The molecular weight excluding hydrogens is 484 g/mol. The summed E-state index contributed by atoms with van der Waals surface area (Å²) < 4.78 is 25.8. The zero-order valence-corrected chi connectivity index (χ0v) is 20.8.